The van der Waals surface area contributed by atoms with Gasteiger partial charge in [-0.05, 0) is 54.8 Å². The molecule has 0 saturated heterocycles. The van der Waals surface area contributed by atoms with Gasteiger partial charge in [0.15, 0.2) is 0 Å². The summed E-state index contributed by atoms with van der Waals surface area (Å²) in [7, 11) is -0.395. The molecule has 0 bridgehead atoms. The van der Waals surface area contributed by atoms with Gasteiger partial charge in [-0.3, -0.25) is 9.59 Å². The predicted molar refractivity (Wildman–Crippen MR) is 107 cm³/mol. The smallest absolute Gasteiger partial charge is 0.251 e. The van der Waals surface area contributed by atoms with Crippen molar-refractivity contribution in [2.75, 3.05) is 20.6 Å². The molecule has 0 spiro atoms. The maximum absolute atomic E-state index is 12.4. The van der Waals surface area contributed by atoms with E-state index in [1.165, 1.54) is 4.90 Å². The van der Waals surface area contributed by atoms with Crippen molar-refractivity contribution in [1.29, 1.82) is 0 Å². The number of benzene rings is 2. The van der Waals surface area contributed by atoms with E-state index in [4.69, 9.17) is 0 Å². The Morgan fingerprint density at radius 1 is 0.964 bits per heavy atom. The number of nitrogens with zero attached hydrogens (tertiary/aromatic N) is 1. The largest absolute Gasteiger partial charge is 0.347 e. The molecule has 2 aromatic carbocycles. The summed E-state index contributed by atoms with van der Waals surface area (Å²) in [6.07, 6.45) is 0. The fraction of sp³-hybridized carbons (Fsp3) is 0.300. The molecule has 0 aliphatic heterocycles. The van der Waals surface area contributed by atoms with Gasteiger partial charge in [-0.2, -0.15) is 0 Å². The highest BCUT2D eigenvalue weighted by atomic mass is 32.2. The Balaban J connectivity index is 1.97. The Morgan fingerprint density at radius 2 is 1.61 bits per heavy atom. The van der Waals surface area contributed by atoms with E-state index in [1.54, 1.807) is 56.6 Å². The summed E-state index contributed by atoms with van der Waals surface area (Å²) < 4.78 is 27.4. The molecule has 0 saturated carbocycles. The Bertz CT molecular complexity index is 967. The Morgan fingerprint density at radius 3 is 2.18 bits per heavy atom. The molecule has 7 nitrogen and oxygen atoms in total. The van der Waals surface area contributed by atoms with E-state index in [0.717, 1.165) is 11.1 Å². The molecule has 0 aliphatic rings. The molecule has 0 unspecified atom stereocenters. The molecule has 28 heavy (non-hydrogen) atoms. The fourth-order valence-electron chi connectivity index (χ4n) is 2.33. The number of carbonyl (C=O) groups excluding carboxylic acids is 2. The Kier molecular flexibility index (Phi) is 6.93. The monoisotopic (exact) mass is 403 g/mol. The summed E-state index contributed by atoms with van der Waals surface area (Å²) >= 11 is 0. The number of aryl methyl sites for hydroxylation is 2. The maximum Gasteiger partial charge on any atom is 0.251 e. The number of rotatable bonds is 7. The molecule has 150 valence electrons. The highest BCUT2D eigenvalue weighted by molar-refractivity contribution is 7.89. The highest BCUT2D eigenvalue weighted by Crippen LogP contribution is 2.15. The summed E-state index contributed by atoms with van der Waals surface area (Å²) in [6, 6.07) is 11.5. The van der Waals surface area contributed by atoms with Gasteiger partial charge in [0.25, 0.3) is 5.91 Å². The molecular formula is C20H25N3O4S. The zero-order valence-corrected chi connectivity index (χ0v) is 17.3. The zero-order valence-electron chi connectivity index (χ0n) is 16.4. The third-order valence-electron chi connectivity index (χ3n) is 4.37. The van der Waals surface area contributed by atoms with Crippen LogP contribution in [0.15, 0.2) is 47.4 Å². The molecule has 0 aliphatic carbocycles. The van der Waals surface area contributed by atoms with E-state index >= 15 is 0 Å². The van der Waals surface area contributed by atoms with Crippen molar-refractivity contribution in [3.8, 4) is 0 Å². The molecule has 0 heterocycles. The van der Waals surface area contributed by atoms with Crippen LogP contribution in [0.25, 0.3) is 0 Å². The second-order valence-corrected chi connectivity index (χ2v) is 8.51. The summed E-state index contributed by atoms with van der Waals surface area (Å²) in [5, 5.41) is 2.55. The van der Waals surface area contributed by atoms with Gasteiger partial charge in [-0.1, -0.05) is 18.2 Å². The number of hydrogen-bond donors (Lipinski definition) is 2. The van der Waals surface area contributed by atoms with Crippen LogP contribution in [0.5, 0.6) is 0 Å². The molecule has 0 radical (unpaired) electrons. The van der Waals surface area contributed by atoms with Crippen LogP contribution in [0.2, 0.25) is 0 Å². The van der Waals surface area contributed by atoms with Crippen LogP contribution in [0.1, 0.15) is 27.0 Å². The molecule has 2 N–H and O–H groups in total. The standard InChI is InChI=1S/C20H25N3O4S/c1-14-5-10-18(11-15(14)2)28(26,27)22-12-16-6-8-17(9-7-16)20(25)21-13-19(24)23(3)4/h5-11,22H,12-13H2,1-4H3,(H,21,25). The molecule has 0 atom stereocenters. The van der Waals surface area contributed by atoms with Crippen molar-refractivity contribution in [3.05, 3.63) is 64.7 Å². The molecule has 8 heteroatoms. The van der Waals surface area contributed by atoms with E-state index in [1.807, 2.05) is 13.8 Å². The van der Waals surface area contributed by atoms with Crippen molar-refractivity contribution in [3.63, 3.8) is 0 Å². The van der Waals surface area contributed by atoms with Crippen LogP contribution in [-0.4, -0.2) is 45.8 Å². The van der Waals surface area contributed by atoms with Gasteiger partial charge in [0.2, 0.25) is 15.9 Å². The zero-order chi connectivity index (χ0) is 20.9. The van der Waals surface area contributed by atoms with Crippen LogP contribution < -0.4 is 10.0 Å². The van der Waals surface area contributed by atoms with Crippen molar-refractivity contribution in [1.82, 2.24) is 14.9 Å². The van der Waals surface area contributed by atoms with E-state index in [-0.39, 0.29) is 29.8 Å². The minimum Gasteiger partial charge on any atom is -0.347 e. The second-order valence-electron chi connectivity index (χ2n) is 6.74. The van der Waals surface area contributed by atoms with Crippen molar-refractivity contribution in [2.24, 2.45) is 0 Å². The average molecular weight is 404 g/mol. The molecular weight excluding hydrogens is 378 g/mol. The summed E-state index contributed by atoms with van der Waals surface area (Å²) in [4.78, 5) is 25.2. The first-order valence-corrected chi connectivity index (χ1v) is 10.2. The van der Waals surface area contributed by atoms with Gasteiger partial charge in [0.1, 0.15) is 0 Å². The van der Waals surface area contributed by atoms with Crippen molar-refractivity contribution < 1.29 is 18.0 Å². The minimum absolute atomic E-state index is 0.0800. The summed E-state index contributed by atoms with van der Waals surface area (Å²) in [5.74, 6) is -0.566. The van der Waals surface area contributed by atoms with Crippen molar-refractivity contribution >= 4 is 21.8 Å². The first-order valence-electron chi connectivity index (χ1n) is 8.74. The van der Waals surface area contributed by atoms with Gasteiger partial charge in [0.05, 0.1) is 11.4 Å². The molecule has 2 rings (SSSR count). The highest BCUT2D eigenvalue weighted by Gasteiger charge is 2.15. The SMILES string of the molecule is Cc1ccc(S(=O)(=O)NCc2ccc(C(=O)NCC(=O)N(C)C)cc2)cc1C. The number of sulfonamides is 1. The van der Waals surface area contributed by atoms with Crippen LogP contribution in [0.3, 0.4) is 0 Å². The number of carbonyl (C=O) groups is 2. The Labute approximate surface area is 165 Å². The topological polar surface area (TPSA) is 95.6 Å². The fourth-order valence-corrected chi connectivity index (χ4v) is 3.44. The van der Waals surface area contributed by atoms with E-state index in [9.17, 15) is 18.0 Å². The van der Waals surface area contributed by atoms with Gasteiger partial charge in [-0.15, -0.1) is 0 Å². The van der Waals surface area contributed by atoms with Gasteiger partial charge in [-0.25, -0.2) is 13.1 Å². The lowest BCUT2D eigenvalue weighted by atomic mass is 10.1. The lowest BCUT2D eigenvalue weighted by Gasteiger charge is -2.11. The number of hydrogen-bond acceptors (Lipinski definition) is 4. The Hall–Kier alpha value is -2.71. The third-order valence-corrected chi connectivity index (χ3v) is 5.77. The van der Waals surface area contributed by atoms with Crippen LogP contribution in [-0.2, 0) is 21.4 Å². The first-order chi connectivity index (χ1) is 13.1. The average Bonchev–Trinajstić information content (AvgIpc) is 2.66. The molecule has 0 aromatic heterocycles. The predicted octanol–water partition coefficient (Wildman–Crippen LogP) is 1.60. The third kappa shape index (κ3) is 5.64. The number of nitrogens with one attached hydrogen (secondary N) is 2. The lowest BCUT2D eigenvalue weighted by Crippen LogP contribution is -2.36. The minimum atomic E-state index is -3.62. The van der Waals surface area contributed by atoms with Crippen LogP contribution in [0.4, 0.5) is 0 Å². The van der Waals surface area contributed by atoms with Crippen LogP contribution >= 0.6 is 0 Å². The van der Waals surface area contributed by atoms with Gasteiger partial charge in [0, 0.05) is 26.2 Å². The molecule has 2 amide bonds. The lowest BCUT2D eigenvalue weighted by molar-refractivity contribution is -0.127. The normalized spacial score (nSPS) is 11.1. The molecule has 0 fully saturated rings. The molecule has 2 aromatic rings. The van der Waals surface area contributed by atoms with Gasteiger partial charge >= 0.3 is 0 Å². The van der Waals surface area contributed by atoms with E-state index in [0.29, 0.717) is 11.1 Å². The second kappa shape index (κ2) is 8.99. The van der Waals surface area contributed by atoms with E-state index < -0.39 is 10.0 Å². The van der Waals surface area contributed by atoms with Crippen LogP contribution in [0, 0.1) is 13.8 Å². The number of amides is 2. The van der Waals surface area contributed by atoms with Gasteiger partial charge < -0.3 is 10.2 Å². The maximum atomic E-state index is 12.4. The number of likely N-dealkylation sites (N-methyl/N-ethyl adjacent to an activating group) is 1. The quantitative estimate of drug-likeness (QED) is 0.734. The summed E-state index contributed by atoms with van der Waals surface area (Å²) in [6.45, 7) is 3.82. The first kappa shape index (κ1) is 21.6. The van der Waals surface area contributed by atoms with Crippen molar-refractivity contribution in [2.45, 2.75) is 25.3 Å². The van der Waals surface area contributed by atoms with E-state index in [2.05, 4.69) is 10.0 Å². The summed E-state index contributed by atoms with van der Waals surface area (Å²) in [5.41, 5.74) is 3.05.